The smallest absolute Gasteiger partial charge is 0.332 e. The third-order valence-electron chi connectivity index (χ3n) is 2.24. The molecule has 0 aliphatic heterocycles. The fourth-order valence-electron chi connectivity index (χ4n) is 1.34. The summed E-state index contributed by atoms with van der Waals surface area (Å²) in [6, 6.07) is 5.68. The lowest BCUT2D eigenvalue weighted by molar-refractivity contribution is -0.149. The highest BCUT2D eigenvalue weighted by Gasteiger charge is 2.11. The van der Waals surface area contributed by atoms with Crippen molar-refractivity contribution < 1.29 is 14.6 Å². The standard InChI is InChI=1S/C11H12N2O3/c1-8(11(14)15)16-7-9-6-13-5-3-2-4-10(13)12-9/h2-6,8H,7H2,1H3,(H,14,15)/t8-/m0/s1. The van der Waals surface area contributed by atoms with Crippen LogP contribution >= 0.6 is 0 Å². The summed E-state index contributed by atoms with van der Waals surface area (Å²) >= 11 is 0. The molecular weight excluding hydrogens is 208 g/mol. The van der Waals surface area contributed by atoms with Crippen LogP contribution in [0.1, 0.15) is 12.6 Å². The largest absolute Gasteiger partial charge is 0.479 e. The van der Waals surface area contributed by atoms with Crippen LogP contribution in [-0.4, -0.2) is 26.6 Å². The molecule has 0 aromatic carbocycles. The zero-order valence-corrected chi connectivity index (χ0v) is 8.83. The number of hydrogen-bond donors (Lipinski definition) is 1. The van der Waals surface area contributed by atoms with E-state index in [1.165, 1.54) is 6.92 Å². The lowest BCUT2D eigenvalue weighted by Crippen LogP contribution is -2.19. The van der Waals surface area contributed by atoms with Gasteiger partial charge in [0.1, 0.15) is 5.65 Å². The average molecular weight is 220 g/mol. The summed E-state index contributed by atoms with van der Waals surface area (Å²) in [7, 11) is 0. The molecule has 1 atom stereocenters. The highest BCUT2D eigenvalue weighted by Crippen LogP contribution is 2.06. The number of aliphatic carboxylic acids is 1. The molecule has 2 heterocycles. The van der Waals surface area contributed by atoms with E-state index in [4.69, 9.17) is 9.84 Å². The van der Waals surface area contributed by atoms with E-state index in [2.05, 4.69) is 4.98 Å². The van der Waals surface area contributed by atoms with Crippen molar-refractivity contribution in [3.63, 3.8) is 0 Å². The first-order valence-corrected chi connectivity index (χ1v) is 4.94. The van der Waals surface area contributed by atoms with Crippen LogP contribution < -0.4 is 0 Å². The van der Waals surface area contributed by atoms with Gasteiger partial charge in [0.05, 0.1) is 12.3 Å². The van der Waals surface area contributed by atoms with Crippen LogP contribution in [0.15, 0.2) is 30.6 Å². The number of rotatable bonds is 4. The van der Waals surface area contributed by atoms with Crippen molar-refractivity contribution in [1.29, 1.82) is 0 Å². The fraction of sp³-hybridized carbons (Fsp3) is 0.273. The van der Waals surface area contributed by atoms with E-state index < -0.39 is 12.1 Å². The number of carboxylic acids is 1. The Bertz CT molecular complexity index is 474. The molecule has 84 valence electrons. The minimum Gasteiger partial charge on any atom is -0.479 e. The van der Waals surface area contributed by atoms with Crippen LogP contribution in [0.4, 0.5) is 0 Å². The van der Waals surface area contributed by atoms with Crippen molar-refractivity contribution in [1.82, 2.24) is 9.38 Å². The van der Waals surface area contributed by atoms with Crippen LogP contribution in [0.2, 0.25) is 0 Å². The number of imidazole rings is 1. The topological polar surface area (TPSA) is 63.8 Å². The number of fused-ring (bicyclic) bond motifs is 1. The Morgan fingerprint density at radius 1 is 1.62 bits per heavy atom. The van der Waals surface area contributed by atoms with E-state index in [1.807, 2.05) is 35.0 Å². The quantitative estimate of drug-likeness (QED) is 0.844. The normalized spacial score (nSPS) is 12.8. The Morgan fingerprint density at radius 2 is 2.44 bits per heavy atom. The molecule has 1 N–H and O–H groups in total. The predicted octanol–water partition coefficient (Wildman–Crippen LogP) is 1.32. The summed E-state index contributed by atoms with van der Waals surface area (Å²) in [6.07, 6.45) is 2.89. The Balaban J connectivity index is 2.07. The predicted molar refractivity (Wildman–Crippen MR) is 57.1 cm³/mol. The number of ether oxygens (including phenoxy) is 1. The second-order valence-corrected chi connectivity index (χ2v) is 3.49. The Labute approximate surface area is 92.3 Å². The van der Waals surface area contributed by atoms with E-state index in [0.29, 0.717) is 0 Å². The maximum atomic E-state index is 10.5. The van der Waals surface area contributed by atoms with Crippen LogP contribution in [0.25, 0.3) is 5.65 Å². The van der Waals surface area contributed by atoms with Crippen molar-refractivity contribution in [2.45, 2.75) is 19.6 Å². The second kappa shape index (κ2) is 4.32. The molecule has 0 saturated heterocycles. The lowest BCUT2D eigenvalue weighted by Gasteiger charge is -2.05. The van der Waals surface area contributed by atoms with E-state index in [0.717, 1.165) is 11.3 Å². The zero-order chi connectivity index (χ0) is 11.5. The van der Waals surface area contributed by atoms with Gasteiger partial charge in [0.25, 0.3) is 0 Å². The van der Waals surface area contributed by atoms with E-state index in [9.17, 15) is 4.79 Å². The number of aromatic nitrogens is 2. The first-order valence-electron chi connectivity index (χ1n) is 4.94. The van der Waals surface area contributed by atoms with Gasteiger partial charge in [-0.25, -0.2) is 9.78 Å². The number of carboxylic acid groups (broad SMARTS) is 1. The van der Waals surface area contributed by atoms with Crippen LogP contribution in [0, 0.1) is 0 Å². The van der Waals surface area contributed by atoms with Crippen LogP contribution in [-0.2, 0) is 16.1 Å². The van der Waals surface area contributed by atoms with Gasteiger partial charge < -0.3 is 14.2 Å². The van der Waals surface area contributed by atoms with Gasteiger partial charge in [-0.3, -0.25) is 0 Å². The molecule has 2 aromatic rings. The van der Waals surface area contributed by atoms with E-state index >= 15 is 0 Å². The SMILES string of the molecule is C[C@H](OCc1cn2ccccc2n1)C(=O)O. The van der Waals surface area contributed by atoms with Crippen molar-refractivity contribution in [3.05, 3.63) is 36.3 Å². The molecule has 0 spiro atoms. The molecule has 16 heavy (non-hydrogen) atoms. The molecule has 2 rings (SSSR count). The highest BCUT2D eigenvalue weighted by molar-refractivity contribution is 5.71. The molecule has 0 amide bonds. The molecule has 0 bridgehead atoms. The minimum absolute atomic E-state index is 0.204. The zero-order valence-electron chi connectivity index (χ0n) is 8.83. The van der Waals surface area contributed by atoms with Gasteiger partial charge in [0.15, 0.2) is 6.10 Å². The molecular formula is C11H12N2O3. The minimum atomic E-state index is -0.969. The summed E-state index contributed by atoms with van der Waals surface area (Å²) in [6.45, 7) is 1.70. The van der Waals surface area contributed by atoms with E-state index in [1.54, 1.807) is 0 Å². The van der Waals surface area contributed by atoms with Gasteiger partial charge in [-0.1, -0.05) is 6.07 Å². The van der Waals surface area contributed by atoms with E-state index in [-0.39, 0.29) is 6.61 Å². The molecule has 0 saturated carbocycles. The molecule has 2 aromatic heterocycles. The molecule has 0 fully saturated rings. The first kappa shape index (κ1) is 10.6. The number of pyridine rings is 1. The Kier molecular flexibility index (Phi) is 2.87. The van der Waals surface area contributed by atoms with Crippen molar-refractivity contribution >= 4 is 11.6 Å². The summed E-state index contributed by atoms with van der Waals surface area (Å²) < 4.78 is 7.01. The van der Waals surface area contributed by atoms with Gasteiger partial charge >= 0.3 is 5.97 Å². The highest BCUT2D eigenvalue weighted by atomic mass is 16.5. The second-order valence-electron chi connectivity index (χ2n) is 3.49. The first-order chi connectivity index (χ1) is 7.66. The molecule has 0 aliphatic carbocycles. The third kappa shape index (κ3) is 2.20. The number of hydrogen-bond acceptors (Lipinski definition) is 3. The average Bonchev–Trinajstić information content (AvgIpc) is 2.68. The summed E-state index contributed by atoms with van der Waals surface area (Å²) in [5.74, 6) is -0.969. The van der Waals surface area contributed by atoms with Crippen molar-refractivity contribution in [2.75, 3.05) is 0 Å². The monoisotopic (exact) mass is 220 g/mol. The maximum absolute atomic E-state index is 10.5. The van der Waals surface area contributed by atoms with Crippen molar-refractivity contribution in [3.8, 4) is 0 Å². The molecule has 0 radical (unpaired) electrons. The number of carbonyl (C=O) groups is 1. The van der Waals surface area contributed by atoms with Gasteiger partial charge in [0.2, 0.25) is 0 Å². The maximum Gasteiger partial charge on any atom is 0.332 e. The van der Waals surface area contributed by atoms with Crippen molar-refractivity contribution in [2.24, 2.45) is 0 Å². The number of nitrogens with zero attached hydrogens (tertiary/aromatic N) is 2. The van der Waals surface area contributed by atoms with Gasteiger partial charge in [-0.05, 0) is 19.1 Å². The summed E-state index contributed by atoms with van der Waals surface area (Å²) in [5, 5.41) is 8.65. The third-order valence-corrected chi connectivity index (χ3v) is 2.24. The molecule has 0 unspecified atom stereocenters. The lowest BCUT2D eigenvalue weighted by atomic mass is 10.4. The summed E-state index contributed by atoms with van der Waals surface area (Å²) in [4.78, 5) is 14.8. The summed E-state index contributed by atoms with van der Waals surface area (Å²) in [5.41, 5.74) is 1.54. The fourth-order valence-corrected chi connectivity index (χ4v) is 1.34. The molecule has 5 heteroatoms. The molecule has 0 aliphatic rings. The van der Waals surface area contributed by atoms with Gasteiger partial charge in [0, 0.05) is 12.4 Å². The van der Waals surface area contributed by atoms with Gasteiger partial charge in [-0.15, -0.1) is 0 Å². The molecule has 5 nitrogen and oxygen atoms in total. The van der Waals surface area contributed by atoms with Gasteiger partial charge in [-0.2, -0.15) is 0 Å². The Hall–Kier alpha value is -1.88. The van der Waals surface area contributed by atoms with Crippen LogP contribution in [0.3, 0.4) is 0 Å². The van der Waals surface area contributed by atoms with Crippen LogP contribution in [0.5, 0.6) is 0 Å². The Morgan fingerprint density at radius 3 is 3.12 bits per heavy atom.